The molecule has 0 amide bonds. The van der Waals surface area contributed by atoms with Crippen LogP contribution in [0, 0.1) is 0 Å². The molecule has 0 atom stereocenters. The summed E-state index contributed by atoms with van der Waals surface area (Å²) in [5.41, 5.74) is 0.183. The van der Waals surface area contributed by atoms with Gasteiger partial charge in [0.2, 0.25) is 6.43 Å². The molecule has 1 N–H and O–H groups in total. The summed E-state index contributed by atoms with van der Waals surface area (Å²) in [7, 11) is 0. The van der Waals surface area contributed by atoms with Crippen molar-refractivity contribution in [3.63, 3.8) is 0 Å². The number of carboxylic acids is 1. The van der Waals surface area contributed by atoms with Crippen LogP contribution in [-0.2, 0) is 4.79 Å². The smallest absolute Gasteiger partial charge is 0.328 e. The van der Waals surface area contributed by atoms with Crippen molar-refractivity contribution in [3.8, 4) is 0 Å². The SMILES string of the molecule is C/C(=C\C(=O)O)CC(F)F. The maximum atomic E-state index is 11.5. The van der Waals surface area contributed by atoms with Crippen LogP contribution in [0.25, 0.3) is 0 Å². The van der Waals surface area contributed by atoms with Gasteiger partial charge in [-0.3, -0.25) is 0 Å². The molecule has 0 fully saturated rings. The molecule has 0 saturated heterocycles. The van der Waals surface area contributed by atoms with Crippen LogP contribution >= 0.6 is 0 Å². The van der Waals surface area contributed by atoms with E-state index in [4.69, 9.17) is 5.11 Å². The summed E-state index contributed by atoms with van der Waals surface area (Å²) < 4.78 is 23.0. The molecule has 2 nitrogen and oxygen atoms in total. The van der Waals surface area contributed by atoms with Crippen molar-refractivity contribution in [3.05, 3.63) is 11.6 Å². The number of alkyl halides is 2. The first-order chi connectivity index (χ1) is 4.52. The molecule has 0 unspecified atom stereocenters. The molecular formula is C6H8F2O2. The summed E-state index contributed by atoms with van der Waals surface area (Å²) in [4.78, 5) is 9.87. The van der Waals surface area contributed by atoms with Gasteiger partial charge in [0.25, 0.3) is 0 Å². The van der Waals surface area contributed by atoms with Crippen molar-refractivity contribution in [1.29, 1.82) is 0 Å². The van der Waals surface area contributed by atoms with E-state index in [9.17, 15) is 13.6 Å². The molecule has 0 saturated carbocycles. The Morgan fingerprint density at radius 3 is 2.50 bits per heavy atom. The van der Waals surface area contributed by atoms with E-state index in [2.05, 4.69) is 0 Å². The predicted octanol–water partition coefficient (Wildman–Crippen LogP) is 1.67. The van der Waals surface area contributed by atoms with E-state index in [1.165, 1.54) is 6.92 Å². The monoisotopic (exact) mass is 150 g/mol. The van der Waals surface area contributed by atoms with E-state index in [1.807, 2.05) is 0 Å². The van der Waals surface area contributed by atoms with E-state index in [1.54, 1.807) is 0 Å². The first kappa shape index (κ1) is 9.07. The van der Waals surface area contributed by atoms with E-state index >= 15 is 0 Å². The van der Waals surface area contributed by atoms with Crippen molar-refractivity contribution < 1.29 is 18.7 Å². The highest BCUT2D eigenvalue weighted by atomic mass is 19.3. The van der Waals surface area contributed by atoms with Crippen LogP contribution in [0.15, 0.2) is 11.6 Å². The lowest BCUT2D eigenvalue weighted by Crippen LogP contribution is -1.95. The van der Waals surface area contributed by atoms with Gasteiger partial charge in [-0.1, -0.05) is 5.57 Å². The minimum absolute atomic E-state index is 0.183. The highest BCUT2D eigenvalue weighted by Crippen LogP contribution is 2.07. The zero-order valence-corrected chi connectivity index (χ0v) is 5.47. The van der Waals surface area contributed by atoms with Crippen LogP contribution in [0.1, 0.15) is 13.3 Å². The average Bonchev–Trinajstić information content (AvgIpc) is 1.58. The fourth-order valence-corrected chi connectivity index (χ4v) is 0.513. The highest BCUT2D eigenvalue weighted by Gasteiger charge is 2.03. The lowest BCUT2D eigenvalue weighted by molar-refractivity contribution is -0.131. The number of carbonyl (C=O) groups is 1. The Bertz CT molecular complexity index is 152. The van der Waals surface area contributed by atoms with Crippen LogP contribution in [0.2, 0.25) is 0 Å². The molecule has 0 aliphatic rings. The minimum atomic E-state index is -2.46. The predicted molar refractivity (Wildman–Crippen MR) is 32.0 cm³/mol. The fourth-order valence-electron chi connectivity index (χ4n) is 0.513. The highest BCUT2D eigenvalue weighted by molar-refractivity contribution is 5.80. The minimum Gasteiger partial charge on any atom is -0.478 e. The fraction of sp³-hybridized carbons (Fsp3) is 0.500. The van der Waals surface area contributed by atoms with E-state index in [0.29, 0.717) is 0 Å². The maximum absolute atomic E-state index is 11.5. The molecule has 58 valence electrons. The van der Waals surface area contributed by atoms with Gasteiger partial charge in [0, 0.05) is 12.5 Å². The number of hydrogen-bond donors (Lipinski definition) is 1. The topological polar surface area (TPSA) is 37.3 Å². The number of hydrogen-bond acceptors (Lipinski definition) is 1. The van der Waals surface area contributed by atoms with Crippen molar-refractivity contribution in [2.75, 3.05) is 0 Å². The summed E-state index contributed by atoms with van der Waals surface area (Å²) in [5.74, 6) is -1.18. The van der Waals surface area contributed by atoms with E-state index in [0.717, 1.165) is 6.08 Å². The van der Waals surface area contributed by atoms with Gasteiger partial charge < -0.3 is 5.11 Å². The molecule has 0 rings (SSSR count). The molecule has 4 heteroatoms. The molecule has 0 aromatic heterocycles. The molecular weight excluding hydrogens is 142 g/mol. The quantitative estimate of drug-likeness (QED) is 0.621. The Morgan fingerprint density at radius 1 is 1.70 bits per heavy atom. The van der Waals surface area contributed by atoms with Gasteiger partial charge >= 0.3 is 5.97 Å². The summed E-state index contributed by atoms with van der Waals surface area (Å²) in [6.45, 7) is 1.36. The van der Waals surface area contributed by atoms with Crippen LogP contribution in [0.5, 0.6) is 0 Å². The summed E-state index contributed by atoms with van der Waals surface area (Å²) in [6, 6.07) is 0. The van der Waals surface area contributed by atoms with Gasteiger partial charge in [-0.25, -0.2) is 13.6 Å². The van der Waals surface area contributed by atoms with Crippen LogP contribution in [0.3, 0.4) is 0 Å². The zero-order valence-electron chi connectivity index (χ0n) is 5.47. The Kier molecular flexibility index (Phi) is 3.61. The summed E-state index contributed by atoms with van der Waals surface area (Å²) in [6.07, 6.45) is -2.14. The average molecular weight is 150 g/mol. The lowest BCUT2D eigenvalue weighted by atomic mass is 10.2. The Balaban J connectivity index is 3.83. The third kappa shape index (κ3) is 5.21. The summed E-state index contributed by atoms with van der Waals surface area (Å²) in [5, 5.41) is 8.08. The number of rotatable bonds is 3. The molecule has 0 aliphatic carbocycles. The number of halogens is 2. The van der Waals surface area contributed by atoms with E-state index in [-0.39, 0.29) is 5.57 Å². The van der Waals surface area contributed by atoms with Gasteiger partial charge in [0.05, 0.1) is 0 Å². The molecule has 10 heavy (non-hydrogen) atoms. The van der Waals surface area contributed by atoms with Crippen molar-refractivity contribution >= 4 is 5.97 Å². The second-order valence-corrected chi connectivity index (χ2v) is 1.92. The van der Waals surface area contributed by atoms with Crippen molar-refractivity contribution in [1.82, 2.24) is 0 Å². The molecule has 0 aromatic carbocycles. The molecule has 0 radical (unpaired) electrons. The molecule has 0 heterocycles. The number of allylic oxidation sites excluding steroid dienone is 1. The maximum Gasteiger partial charge on any atom is 0.328 e. The Hall–Kier alpha value is -0.930. The third-order valence-electron chi connectivity index (χ3n) is 0.846. The number of carboxylic acid groups (broad SMARTS) is 1. The first-order valence-electron chi connectivity index (χ1n) is 2.70. The molecule has 0 aromatic rings. The summed E-state index contributed by atoms with van der Waals surface area (Å²) >= 11 is 0. The van der Waals surface area contributed by atoms with Crippen LogP contribution in [-0.4, -0.2) is 17.5 Å². The second kappa shape index (κ2) is 3.98. The zero-order chi connectivity index (χ0) is 8.15. The first-order valence-corrected chi connectivity index (χ1v) is 2.70. The third-order valence-corrected chi connectivity index (χ3v) is 0.846. The molecule has 0 spiro atoms. The Labute approximate surface area is 57.2 Å². The molecule has 0 aliphatic heterocycles. The van der Waals surface area contributed by atoms with Gasteiger partial charge in [0.1, 0.15) is 0 Å². The standard InChI is InChI=1S/C6H8F2O2/c1-4(2-5(7)8)3-6(9)10/h3,5H,2H2,1H3,(H,9,10)/b4-3+. The van der Waals surface area contributed by atoms with Crippen LogP contribution < -0.4 is 0 Å². The second-order valence-electron chi connectivity index (χ2n) is 1.92. The van der Waals surface area contributed by atoms with E-state index < -0.39 is 18.8 Å². The normalized spacial score (nSPS) is 12.2. The number of aliphatic carboxylic acids is 1. The van der Waals surface area contributed by atoms with Crippen LogP contribution in [0.4, 0.5) is 8.78 Å². The van der Waals surface area contributed by atoms with Gasteiger partial charge in [-0.05, 0) is 6.92 Å². The largest absolute Gasteiger partial charge is 0.478 e. The van der Waals surface area contributed by atoms with Crippen molar-refractivity contribution in [2.24, 2.45) is 0 Å². The van der Waals surface area contributed by atoms with Crippen molar-refractivity contribution in [2.45, 2.75) is 19.8 Å². The Morgan fingerprint density at radius 2 is 2.20 bits per heavy atom. The lowest BCUT2D eigenvalue weighted by Gasteiger charge is -1.96. The molecule has 0 bridgehead atoms. The van der Waals surface area contributed by atoms with Gasteiger partial charge in [0.15, 0.2) is 0 Å². The van der Waals surface area contributed by atoms with Gasteiger partial charge in [-0.2, -0.15) is 0 Å². The van der Waals surface area contributed by atoms with Gasteiger partial charge in [-0.15, -0.1) is 0 Å².